The van der Waals surface area contributed by atoms with Crippen LogP contribution in [0.5, 0.6) is 0 Å². The highest BCUT2D eigenvalue weighted by Crippen LogP contribution is 2.18. The van der Waals surface area contributed by atoms with E-state index in [1.165, 1.54) is 11.8 Å². The number of anilines is 1. The van der Waals surface area contributed by atoms with Gasteiger partial charge in [-0.15, -0.1) is 5.10 Å². The van der Waals surface area contributed by atoms with Gasteiger partial charge >= 0.3 is 0 Å². The fourth-order valence-electron chi connectivity index (χ4n) is 2.57. The van der Waals surface area contributed by atoms with E-state index in [2.05, 4.69) is 36.7 Å². The molecule has 142 valence electrons. The lowest BCUT2D eigenvalue weighted by Gasteiger charge is -2.06. The third-order valence-electron chi connectivity index (χ3n) is 3.76. The lowest BCUT2D eigenvalue weighted by molar-refractivity contribution is -0.116. The van der Waals surface area contributed by atoms with Crippen LogP contribution >= 0.6 is 11.8 Å². The Hall–Kier alpha value is -2.68. The minimum atomic E-state index is -0.0815. The van der Waals surface area contributed by atoms with Gasteiger partial charge in [-0.1, -0.05) is 29.9 Å². The Labute approximate surface area is 161 Å². The molecule has 1 amide bonds. The van der Waals surface area contributed by atoms with E-state index >= 15 is 0 Å². The lowest BCUT2D eigenvalue weighted by atomic mass is 10.1. The SMILES string of the molecule is CCc1nc(SCc2noc(CCC(=O)Nc3cc(C)cc(C)c3)n2)n[nH]1. The van der Waals surface area contributed by atoms with Crippen LogP contribution in [0, 0.1) is 13.8 Å². The largest absolute Gasteiger partial charge is 0.339 e. The van der Waals surface area contributed by atoms with Gasteiger partial charge in [0.1, 0.15) is 5.82 Å². The number of carbonyl (C=O) groups excluding carboxylic acids is 1. The summed E-state index contributed by atoms with van der Waals surface area (Å²) in [4.78, 5) is 20.8. The molecule has 0 saturated heterocycles. The predicted molar refractivity (Wildman–Crippen MR) is 102 cm³/mol. The van der Waals surface area contributed by atoms with Crippen molar-refractivity contribution in [1.29, 1.82) is 0 Å². The molecule has 0 unspecified atom stereocenters. The van der Waals surface area contributed by atoms with E-state index in [9.17, 15) is 4.79 Å². The molecule has 0 aliphatic heterocycles. The fourth-order valence-corrected chi connectivity index (χ4v) is 3.23. The Bertz CT molecular complexity index is 900. The lowest BCUT2D eigenvalue weighted by Crippen LogP contribution is -2.12. The molecule has 2 aromatic heterocycles. The summed E-state index contributed by atoms with van der Waals surface area (Å²) in [5.41, 5.74) is 3.03. The smallest absolute Gasteiger partial charge is 0.227 e. The van der Waals surface area contributed by atoms with Crippen molar-refractivity contribution in [3.8, 4) is 0 Å². The molecule has 0 aliphatic rings. The molecule has 1 aromatic carbocycles. The van der Waals surface area contributed by atoms with Gasteiger partial charge in [-0.2, -0.15) is 4.98 Å². The Morgan fingerprint density at radius 1 is 1.22 bits per heavy atom. The molecule has 2 N–H and O–H groups in total. The number of amides is 1. The van der Waals surface area contributed by atoms with Crippen LogP contribution in [0.4, 0.5) is 5.69 Å². The number of carbonyl (C=O) groups is 1. The molecule has 2 heterocycles. The Morgan fingerprint density at radius 2 is 2.00 bits per heavy atom. The summed E-state index contributed by atoms with van der Waals surface area (Å²) in [7, 11) is 0. The van der Waals surface area contributed by atoms with Gasteiger partial charge < -0.3 is 9.84 Å². The van der Waals surface area contributed by atoms with Crippen LogP contribution < -0.4 is 5.32 Å². The van der Waals surface area contributed by atoms with Gasteiger partial charge in [0.05, 0.1) is 5.75 Å². The molecule has 8 nitrogen and oxygen atoms in total. The number of benzene rings is 1. The molecule has 0 spiro atoms. The van der Waals surface area contributed by atoms with Crippen LogP contribution in [0.1, 0.15) is 42.0 Å². The first-order valence-electron chi connectivity index (χ1n) is 8.75. The van der Waals surface area contributed by atoms with Gasteiger partial charge in [0.25, 0.3) is 0 Å². The van der Waals surface area contributed by atoms with Crippen molar-refractivity contribution >= 4 is 23.4 Å². The first-order valence-corrected chi connectivity index (χ1v) is 9.74. The number of aromatic amines is 1. The van der Waals surface area contributed by atoms with E-state index in [0.717, 1.165) is 29.1 Å². The second-order valence-electron chi connectivity index (χ2n) is 6.24. The molecular weight excluding hydrogens is 364 g/mol. The van der Waals surface area contributed by atoms with Gasteiger partial charge in [-0.3, -0.25) is 9.89 Å². The van der Waals surface area contributed by atoms with E-state index < -0.39 is 0 Å². The zero-order valence-electron chi connectivity index (χ0n) is 15.6. The van der Waals surface area contributed by atoms with Crippen LogP contribution in [0.25, 0.3) is 0 Å². The summed E-state index contributed by atoms with van der Waals surface area (Å²) in [6, 6.07) is 5.95. The van der Waals surface area contributed by atoms with Crippen molar-refractivity contribution in [2.24, 2.45) is 0 Å². The molecule has 27 heavy (non-hydrogen) atoms. The summed E-state index contributed by atoms with van der Waals surface area (Å²) >= 11 is 1.43. The van der Waals surface area contributed by atoms with Crippen molar-refractivity contribution in [1.82, 2.24) is 25.3 Å². The summed E-state index contributed by atoms with van der Waals surface area (Å²) in [5, 5.41) is 14.5. The van der Waals surface area contributed by atoms with Crippen LogP contribution in [0.3, 0.4) is 0 Å². The Morgan fingerprint density at radius 3 is 2.70 bits per heavy atom. The van der Waals surface area contributed by atoms with E-state index in [4.69, 9.17) is 4.52 Å². The molecule has 9 heteroatoms. The zero-order chi connectivity index (χ0) is 19.2. The zero-order valence-corrected chi connectivity index (χ0v) is 16.4. The number of H-pyrrole nitrogens is 1. The van der Waals surface area contributed by atoms with Gasteiger partial charge in [-0.05, 0) is 37.1 Å². The Kier molecular flexibility index (Phi) is 6.23. The van der Waals surface area contributed by atoms with Gasteiger partial charge in [0, 0.05) is 24.9 Å². The molecule has 0 fully saturated rings. The van der Waals surface area contributed by atoms with Crippen LogP contribution in [0.15, 0.2) is 27.9 Å². The second kappa shape index (κ2) is 8.81. The third kappa shape index (κ3) is 5.65. The number of thioether (sulfide) groups is 1. The molecule has 0 radical (unpaired) electrons. The normalized spacial score (nSPS) is 10.9. The first-order chi connectivity index (χ1) is 13.0. The summed E-state index contributed by atoms with van der Waals surface area (Å²) in [6.45, 7) is 6.01. The first kappa shape index (κ1) is 19.1. The maximum absolute atomic E-state index is 12.1. The van der Waals surface area contributed by atoms with Gasteiger partial charge in [0.15, 0.2) is 5.82 Å². The standard InChI is InChI=1S/C18H22N6O2S/c1-4-14-21-18(23-22-14)27-10-15-20-17(26-24-15)6-5-16(25)19-13-8-11(2)7-12(3)9-13/h7-9H,4-6,10H2,1-3H3,(H,19,25)(H,21,22,23). The van der Waals surface area contributed by atoms with Crippen molar-refractivity contribution in [2.45, 2.75) is 50.9 Å². The fraction of sp³-hybridized carbons (Fsp3) is 0.389. The summed E-state index contributed by atoms with van der Waals surface area (Å²) < 4.78 is 5.22. The number of hydrogen-bond acceptors (Lipinski definition) is 7. The topological polar surface area (TPSA) is 110 Å². The van der Waals surface area contributed by atoms with Crippen molar-refractivity contribution in [3.05, 3.63) is 46.9 Å². The molecule has 0 atom stereocenters. The summed E-state index contributed by atoms with van der Waals surface area (Å²) in [6.07, 6.45) is 1.49. The number of aromatic nitrogens is 5. The average molecular weight is 386 g/mol. The predicted octanol–water partition coefficient (Wildman–Crippen LogP) is 3.23. The van der Waals surface area contributed by atoms with Crippen molar-refractivity contribution in [2.75, 3.05) is 5.32 Å². The van der Waals surface area contributed by atoms with Crippen molar-refractivity contribution < 1.29 is 9.32 Å². The number of rotatable bonds is 8. The Balaban J connectivity index is 1.46. The minimum absolute atomic E-state index is 0.0815. The van der Waals surface area contributed by atoms with E-state index in [1.807, 2.05) is 32.9 Å². The monoisotopic (exact) mass is 386 g/mol. The summed E-state index contributed by atoms with van der Waals surface area (Å²) in [5.74, 6) is 2.29. The maximum atomic E-state index is 12.1. The van der Waals surface area contributed by atoms with E-state index in [0.29, 0.717) is 29.0 Å². The molecule has 0 bridgehead atoms. The highest BCUT2D eigenvalue weighted by molar-refractivity contribution is 7.98. The van der Waals surface area contributed by atoms with Crippen LogP contribution in [-0.2, 0) is 23.4 Å². The van der Waals surface area contributed by atoms with Crippen LogP contribution in [0.2, 0.25) is 0 Å². The third-order valence-corrected chi connectivity index (χ3v) is 4.60. The average Bonchev–Trinajstić information content (AvgIpc) is 3.26. The van der Waals surface area contributed by atoms with Crippen LogP contribution in [-0.4, -0.2) is 31.2 Å². The maximum Gasteiger partial charge on any atom is 0.227 e. The van der Waals surface area contributed by atoms with E-state index in [-0.39, 0.29) is 12.3 Å². The number of hydrogen-bond donors (Lipinski definition) is 2. The number of nitrogens with zero attached hydrogens (tertiary/aromatic N) is 4. The molecule has 0 aliphatic carbocycles. The molecule has 3 rings (SSSR count). The van der Waals surface area contributed by atoms with Gasteiger partial charge in [0.2, 0.25) is 17.0 Å². The van der Waals surface area contributed by atoms with Crippen molar-refractivity contribution in [3.63, 3.8) is 0 Å². The molecular formula is C18H22N6O2S. The highest BCUT2D eigenvalue weighted by Gasteiger charge is 2.11. The quantitative estimate of drug-likeness (QED) is 0.572. The number of nitrogens with one attached hydrogen (secondary N) is 2. The molecule has 3 aromatic rings. The molecule has 0 saturated carbocycles. The second-order valence-corrected chi connectivity index (χ2v) is 7.18. The highest BCUT2D eigenvalue weighted by atomic mass is 32.2. The number of aryl methyl sites for hydroxylation is 4. The van der Waals surface area contributed by atoms with E-state index in [1.54, 1.807) is 0 Å². The van der Waals surface area contributed by atoms with Gasteiger partial charge in [-0.25, -0.2) is 4.98 Å². The minimum Gasteiger partial charge on any atom is -0.339 e.